The van der Waals surface area contributed by atoms with Crippen molar-refractivity contribution in [2.45, 2.75) is 45.2 Å². The van der Waals surface area contributed by atoms with Crippen LogP contribution in [0.1, 0.15) is 30.5 Å². The van der Waals surface area contributed by atoms with Crippen molar-refractivity contribution in [3.05, 3.63) is 77.1 Å². The number of halogens is 1. The summed E-state index contributed by atoms with van der Waals surface area (Å²) in [6.45, 7) is 9.09. The molecule has 0 aliphatic carbocycles. The van der Waals surface area contributed by atoms with Crippen LogP contribution in [0.15, 0.2) is 59.5 Å². The van der Waals surface area contributed by atoms with Crippen LogP contribution in [-0.2, 0) is 10.0 Å². The highest BCUT2D eigenvalue weighted by atomic mass is 32.2. The number of H-pyrrole nitrogens is 1. The predicted molar refractivity (Wildman–Crippen MR) is 130 cm³/mol. The Morgan fingerprint density at radius 3 is 2.21 bits per heavy atom. The molecule has 3 N–H and O–H groups in total. The van der Waals surface area contributed by atoms with Crippen LogP contribution in [-0.4, -0.2) is 24.3 Å². The Balaban J connectivity index is 1.63. The minimum Gasteiger partial charge on any atom is -0.367 e. The van der Waals surface area contributed by atoms with Crippen LogP contribution in [0.4, 0.5) is 10.1 Å². The third-order valence-electron chi connectivity index (χ3n) is 5.40. The van der Waals surface area contributed by atoms with Gasteiger partial charge in [0.05, 0.1) is 21.8 Å². The number of hydrogen-bond acceptors (Lipinski definition) is 4. The molecular formula is C25H27FN4O2S. The molecule has 8 heteroatoms. The van der Waals surface area contributed by atoms with Crippen molar-refractivity contribution in [1.82, 2.24) is 14.9 Å². The molecule has 4 aromatic rings. The first kappa shape index (κ1) is 22.9. The second-order valence-electron chi connectivity index (χ2n) is 8.92. The van der Waals surface area contributed by atoms with Gasteiger partial charge in [0.2, 0.25) is 10.0 Å². The zero-order valence-corrected chi connectivity index (χ0v) is 20.1. The second-order valence-corrected chi connectivity index (χ2v) is 10.5. The standard InChI is InChI=1S/C25H27FN4O2S/c1-15-12-16(2)24(17(3)13-15)33(31,32)30-25(4,5)27-20-10-11-22-21(14-20)23(29-28-22)18-6-8-19(26)9-7-18/h6-14,27,30H,1-5H3,(H,28,29). The fourth-order valence-corrected chi connectivity index (χ4v) is 6.07. The van der Waals surface area contributed by atoms with Gasteiger partial charge >= 0.3 is 0 Å². The first-order chi connectivity index (χ1) is 15.4. The van der Waals surface area contributed by atoms with Gasteiger partial charge in [0.25, 0.3) is 0 Å². The third-order valence-corrected chi connectivity index (χ3v) is 7.36. The van der Waals surface area contributed by atoms with Crippen molar-refractivity contribution in [2.24, 2.45) is 0 Å². The molecule has 6 nitrogen and oxygen atoms in total. The average molecular weight is 467 g/mol. The predicted octanol–water partition coefficient (Wildman–Crippen LogP) is 5.42. The summed E-state index contributed by atoms with van der Waals surface area (Å²) in [5.74, 6) is -0.311. The van der Waals surface area contributed by atoms with Crippen molar-refractivity contribution in [3.8, 4) is 11.3 Å². The molecule has 0 radical (unpaired) electrons. The van der Waals surface area contributed by atoms with Crippen LogP contribution in [0.3, 0.4) is 0 Å². The SMILES string of the molecule is Cc1cc(C)c(S(=O)(=O)NC(C)(C)Nc2ccc3[nH]nc(-c4ccc(F)cc4)c3c2)c(C)c1. The Bertz CT molecular complexity index is 1420. The maximum absolute atomic E-state index is 13.3. The van der Waals surface area contributed by atoms with Crippen LogP contribution in [0.25, 0.3) is 22.2 Å². The van der Waals surface area contributed by atoms with Gasteiger partial charge in [-0.15, -0.1) is 0 Å². The summed E-state index contributed by atoms with van der Waals surface area (Å²) in [6.07, 6.45) is 0. The van der Waals surface area contributed by atoms with Crippen LogP contribution >= 0.6 is 0 Å². The van der Waals surface area contributed by atoms with Gasteiger partial charge in [0, 0.05) is 16.6 Å². The number of aryl methyl sites for hydroxylation is 3. The number of hydrogen-bond donors (Lipinski definition) is 3. The molecule has 0 saturated heterocycles. The van der Waals surface area contributed by atoms with Gasteiger partial charge < -0.3 is 5.32 Å². The number of anilines is 1. The number of fused-ring (bicyclic) bond motifs is 1. The summed E-state index contributed by atoms with van der Waals surface area (Å²) in [6, 6.07) is 15.5. The van der Waals surface area contributed by atoms with E-state index in [0.717, 1.165) is 27.7 Å². The van der Waals surface area contributed by atoms with E-state index in [2.05, 4.69) is 20.2 Å². The Hall–Kier alpha value is -3.23. The van der Waals surface area contributed by atoms with Gasteiger partial charge in [-0.1, -0.05) is 17.7 Å². The smallest absolute Gasteiger partial charge is 0.243 e. The van der Waals surface area contributed by atoms with E-state index in [1.807, 2.05) is 37.3 Å². The van der Waals surface area contributed by atoms with E-state index in [-0.39, 0.29) is 5.82 Å². The first-order valence-corrected chi connectivity index (χ1v) is 12.1. The average Bonchev–Trinajstić information content (AvgIpc) is 3.09. The summed E-state index contributed by atoms with van der Waals surface area (Å²) in [4.78, 5) is 0.298. The lowest BCUT2D eigenvalue weighted by molar-refractivity contribution is 0.502. The molecule has 0 unspecified atom stereocenters. The van der Waals surface area contributed by atoms with Crippen molar-refractivity contribution >= 4 is 26.6 Å². The highest BCUT2D eigenvalue weighted by Crippen LogP contribution is 2.30. The molecule has 0 aliphatic heterocycles. The molecule has 1 aromatic heterocycles. The molecule has 172 valence electrons. The lowest BCUT2D eigenvalue weighted by atomic mass is 10.1. The molecule has 33 heavy (non-hydrogen) atoms. The molecule has 0 atom stereocenters. The van der Waals surface area contributed by atoms with E-state index in [1.165, 1.54) is 12.1 Å². The van der Waals surface area contributed by atoms with Crippen LogP contribution in [0, 0.1) is 26.6 Å². The summed E-state index contributed by atoms with van der Waals surface area (Å²) in [5, 5.41) is 11.5. The van der Waals surface area contributed by atoms with Crippen molar-refractivity contribution in [1.29, 1.82) is 0 Å². The van der Waals surface area contributed by atoms with Gasteiger partial charge in [0.1, 0.15) is 5.82 Å². The normalized spacial score (nSPS) is 12.3. The van der Waals surface area contributed by atoms with Crippen LogP contribution in [0.5, 0.6) is 0 Å². The second kappa shape index (κ2) is 8.28. The molecule has 0 amide bonds. The summed E-state index contributed by atoms with van der Waals surface area (Å²) < 4.78 is 42.6. The molecule has 4 rings (SSSR count). The molecule has 0 bridgehead atoms. The van der Waals surface area contributed by atoms with E-state index >= 15 is 0 Å². The van der Waals surface area contributed by atoms with Gasteiger partial charge in [-0.05, 0) is 88.2 Å². The van der Waals surface area contributed by atoms with Crippen LogP contribution in [0.2, 0.25) is 0 Å². The Morgan fingerprint density at radius 1 is 0.939 bits per heavy atom. The largest absolute Gasteiger partial charge is 0.367 e. The molecule has 0 spiro atoms. The molecule has 0 saturated carbocycles. The molecular weight excluding hydrogens is 439 g/mol. The fourth-order valence-electron chi connectivity index (χ4n) is 4.28. The molecule has 0 aliphatic rings. The number of aromatic amines is 1. The minimum atomic E-state index is -3.77. The topological polar surface area (TPSA) is 86.9 Å². The number of benzene rings is 3. The Kier molecular flexibility index (Phi) is 5.76. The zero-order valence-electron chi connectivity index (χ0n) is 19.2. The Morgan fingerprint density at radius 2 is 1.58 bits per heavy atom. The zero-order chi connectivity index (χ0) is 24.0. The minimum absolute atomic E-state index is 0.298. The number of nitrogens with one attached hydrogen (secondary N) is 3. The molecule has 0 fully saturated rings. The van der Waals surface area contributed by atoms with Crippen molar-refractivity contribution in [2.75, 3.05) is 5.32 Å². The van der Waals surface area contributed by atoms with Crippen molar-refractivity contribution in [3.63, 3.8) is 0 Å². The van der Waals surface area contributed by atoms with Gasteiger partial charge in [-0.3, -0.25) is 5.10 Å². The van der Waals surface area contributed by atoms with E-state index in [1.54, 1.807) is 39.8 Å². The number of aromatic nitrogens is 2. The molecule has 3 aromatic carbocycles. The van der Waals surface area contributed by atoms with Crippen LogP contribution < -0.4 is 10.0 Å². The van der Waals surface area contributed by atoms with Gasteiger partial charge in [-0.25, -0.2) is 12.8 Å². The van der Waals surface area contributed by atoms with E-state index in [0.29, 0.717) is 21.7 Å². The monoisotopic (exact) mass is 466 g/mol. The summed E-state index contributed by atoms with van der Waals surface area (Å²) in [7, 11) is -3.77. The van der Waals surface area contributed by atoms with E-state index in [4.69, 9.17) is 0 Å². The van der Waals surface area contributed by atoms with Gasteiger partial charge in [-0.2, -0.15) is 9.82 Å². The number of nitrogens with zero attached hydrogens (tertiary/aromatic N) is 1. The van der Waals surface area contributed by atoms with Gasteiger partial charge in [0.15, 0.2) is 0 Å². The lowest BCUT2D eigenvalue weighted by Gasteiger charge is -2.29. The number of rotatable bonds is 6. The van der Waals surface area contributed by atoms with Crippen molar-refractivity contribution < 1.29 is 12.8 Å². The Labute approximate surface area is 193 Å². The maximum Gasteiger partial charge on any atom is 0.243 e. The molecule has 1 heterocycles. The third kappa shape index (κ3) is 4.77. The summed E-state index contributed by atoms with van der Waals surface area (Å²) in [5.41, 5.74) is 4.48. The highest BCUT2D eigenvalue weighted by Gasteiger charge is 2.28. The maximum atomic E-state index is 13.3. The van der Waals surface area contributed by atoms with E-state index in [9.17, 15) is 12.8 Å². The fraction of sp³-hybridized carbons (Fsp3) is 0.240. The first-order valence-electron chi connectivity index (χ1n) is 10.6. The number of sulfonamides is 1. The van der Waals surface area contributed by atoms with E-state index < -0.39 is 15.7 Å². The highest BCUT2D eigenvalue weighted by molar-refractivity contribution is 7.89. The quantitative estimate of drug-likeness (QED) is 0.331. The lowest BCUT2D eigenvalue weighted by Crippen LogP contribution is -2.49. The summed E-state index contributed by atoms with van der Waals surface area (Å²) >= 11 is 0.